The highest BCUT2D eigenvalue weighted by atomic mass is 32.1. The molecule has 1 N–H and O–H groups in total. The fraction of sp³-hybridized carbons (Fsp3) is 0.800. The van der Waals surface area contributed by atoms with Gasteiger partial charge < -0.3 is 5.32 Å². The summed E-state index contributed by atoms with van der Waals surface area (Å²) in [6.07, 6.45) is 4.40. The van der Waals surface area contributed by atoms with Gasteiger partial charge in [0, 0.05) is 30.2 Å². The van der Waals surface area contributed by atoms with Crippen molar-refractivity contribution in [1.82, 2.24) is 15.2 Å². The molecule has 3 nitrogen and oxygen atoms in total. The highest BCUT2D eigenvalue weighted by Crippen LogP contribution is 2.29. The second-order valence-electron chi connectivity index (χ2n) is 5.62. The first kappa shape index (κ1) is 14.9. The van der Waals surface area contributed by atoms with E-state index < -0.39 is 0 Å². The first-order valence-electron chi connectivity index (χ1n) is 7.57. The van der Waals surface area contributed by atoms with E-state index in [0.717, 1.165) is 18.9 Å². The number of thiazole rings is 1. The van der Waals surface area contributed by atoms with Crippen LogP contribution in [0.25, 0.3) is 0 Å². The van der Waals surface area contributed by atoms with E-state index in [4.69, 9.17) is 0 Å². The van der Waals surface area contributed by atoms with Gasteiger partial charge in [0.1, 0.15) is 5.01 Å². The minimum absolute atomic E-state index is 0.468. The predicted molar refractivity (Wildman–Crippen MR) is 82.7 cm³/mol. The fourth-order valence-electron chi connectivity index (χ4n) is 2.93. The number of nitrogens with zero attached hydrogens (tertiary/aromatic N) is 2. The van der Waals surface area contributed by atoms with Crippen LogP contribution in [0.15, 0.2) is 6.20 Å². The third-order valence-corrected chi connectivity index (χ3v) is 5.54. The first-order valence-corrected chi connectivity index (χ1v) is 8.39. The van der Waals surface area contributed by atoms with Crippen LogP contribution in [0.1, 0.15) is 50.0 Å². The molecular formula is C15H27N3S. The lowest BCUT2D eigenvalue weighted by Crippen LogP contribution is -2.48. The minimum atomic E-state index is 0.468. The topological polar surface area (TPSA) is 28.2 Å². The molecule has 0 bridgehead atoms. The summed E-state index contributed by atoms with van der Waals surface area (Å²) >= 11 is 1.88. The van der Waals surface area contributed by atoms with Crippen molar-refractivity contribution in [3.05, 3.63) is 16.1 Å². The summed E-state index contributed by atoms with van der Waals surface area (Å²) in [4.78, 5) is 8.60. The molecule has 1 aliphatic rings. The van der Waals surface area contributed by atoms with Crippen molar-refractivity contribution in [2.75, 3.05) is 19.6 Å². The van der Waals surface area contributed by atoms with Crippen molar-refractivity contribution in [3.63, 3.8) is 0 Å². The fourth-order valence-corrected chi connectivity index (χ4v) is 3.87. The van der Waals surface area contributed by atoms with Gasteiger partial charge in [-0.2, -0.15) is 0 Å². The second kappa shape index (κ2) is 6.82. The molecule has 19 heavy (non-hydrogen) atoms. The number of nitrogens with one attached hydrogen (secondary N) is 1. The zero-order valence-electron chi connectivity index (χ0n) is 12.6. The van der Waals surface area contributed by atoms with Gasteiger partial charge in [0.2, 0.25) is 0 Å². The number of hydrogen-bond donors (Lipinski definition) is 1. The lowest BCUT2D eigenvalue weighted by molar-refractivity contribution is 0.112. The maximum atomic E-state index is 4.60. The number of aryl methyl sites for hydroxylation is 1. The third kappa shape index (κ3) is 3.56. The number of hydrogen-bond acceptors (Lipinski definition) is 4. The highest BCUT2D eigenvalue weighted by Gasteiger charge is 2.29. The zero-order chi connectivity index (χ0) is 13.8. The molecule has 2 heterocycles. The van der Waals surface area contributed by atoms with Crippen LogP contribution < -0.4 is 5.32 Å². The largest absolute Gasteiger partial charge is 0.314 e. The van der Waals surface area contributed by atoms with Crippen LogP contribution in [0.3, 0.4) is 0 Å². The third-order valence-electron chi connectivity index (χ3n) is 4.23. The van der Waals surface area contributed by atoms with Crippen LogP contribution in [0.2, 0.25) is 0 Å². The van der Waals surface area contributed by atoms with E-state index in [1.165, 1.54) is 29.4 Å². The maximum Gasteiger partial charge on any atom is 0.110 e. The molecule has 0 saturated carbocycles. The van der Waals surface area contributed by atoms with Gasteiger partial charge in [-0.3, -0.25) is 4.90 Å². The molecule has 3 unspecified atom stereocenters. The number of likely N-dealkylation sites (tertiary alicyclic amines) is 1. The summed E-state index contributed by atoms with van der Waals surface area (Å²) in [6, 6.07) is 1.16. The van der Waals surface area contributed by atoms with E-state index in [-0.39, 0.29) is 0 Å². The normalized spacial score (nSPS) is 26.5. The summed E-state index contributed by atoms with van der Waals surface area (Å²) in [5.74, 6) is 0.724. The Kier molecular flexibility index (Phi) is 5.37. The van der Waals surface area contributed by atoms with Crippen LogP contribution in [-0.2, 0) is 6.42 Å². The molecule has 0 amide bonds. The monoisotopic (exact) mass is 281 g/mol. The van der Waals surface area contributed by atoms with Gasteiger partial charge in [-0.25, -0.2) is 4.98 Å². The number of rotatable bonds is 5. The molecule has 1 fully saturated rings. The smallest absolute Gasteiger partial charge is 0.110 e. The van der Waals surface area contributed by atoms with E-state index in [2.05, 4.69) is 42.9 Å². The lowest BCUT2D eigenvalue weighted by atomic mass is 9.93. The van der Waals surface area contributed by atoms with Crippen LogP contribution in [-0.4, -0.2) is 35.6 Å². The molecule has 1 saturated heterocycles. The summed E-state index contributed by atoms with van der Waals surface area (Å²) in [7, 11) is 0. The Bertz CT molecular complexity index is 390. The van der Waals surface area contributed by atoms with E-state index in [1.54, 1.807) is 0 Å². The molecule has 1 aliphatic heterocycles. The zero-order valence-corrected chi connectivity index (χ0v) is 13.5. The lowest BCUT2D eigenvalue weighted by Gasteiger charge is -2.39. The molecule has 3 atom stereocenters. The van der Waals surface area contributed by atoms with E-state index in [0.29, 0.717) is 12.1 Å². The van der Waals surface area contributed by atoms with Crippen molar-refractivity contribution in [2.24, 2.45) is 5.92 Å². The Labute approximate surface area is 121 Å². The minimum Gasteiger partial charge on any atom is -0.314 e. The van der Waals surface area contributed by atoms with E-state index >= 15 is 0 Å². The standard InChI is InChI=1S/C15H27N3S/c1-5-13-9-17-15(19-13)12(4)18-8-7-14(16-6-2)11(3)10-18/h9,11-12,14,16H,5-8,10H2,1-4H3. The Morgan fingerprint density at radius 2 is 2.32 bits per heavy atom. The Morgan fingerprint density at radius 1 is 1.53 bits per heavy atom. The summed E-state index contributed by atoms with van der Waals surface area (Å²) in [6.45, 7) is 12.5. The summed E-state index contributed by atoms with van der Waals surface area (Å²) in [5.41, 5.74) is 0. The molecule has 1 aromatic rings. The average molecular weight is 281 g/mol. The van der Waals surface area contributed by atoms with E-state index in [1.807, 2.05) is 17.5 Å². The van der Waals surface area contributed by atoms with Crippen molar-refractivity contribution < 1.29 is 0 Å². The molecule has 1 aromatic heterocycles. The van der Waals surface area contributed by atoms with Gasteiger partial charge in [-0.15, -0.1) is 11.3 Å². The van der Waals surface area contributed by atoms with Crippen molar-refractivity contribution >= 4 is 11.3 Å². The van der Waals surface area contributed by atoms with Crippen LogP contribution in [0, 0.1) is 5.92 Å². The molecule has 2 rings (SSSR count). The number of piperidine rings is 1. The Balaban J connectivity index is 1.95. The average Bonchev–Trinajstić information content (AvgIpc) is 2.89. The molecule has 0 radical (unpaired) electrons. The van der Waals surface area contributed by atoms with Gasteiger partial charge in [0.15, 0.2) is 0 Å². The number of aromatic nitrogens is 1. The van der Waals surface area contributed by atoms with Gasteiger partial charge in [-0.05, 0) is 32.2 Å². The van der Waals surface area contributed by atoms with Gasteiger partial charge in [-0.1, -0.05) is 20.8 Å². The van der Waals surface area contributed by atoms with Crippen molar-refractivity contribution in [3.8, 4) is 0 Å². The summed E-state index contributed by atoms with van der Waals surface area (Å²) in [5, 5.41) is 4.89. The van der Waals surface area contributed by atoms with Crippen LogP contribution in [0.4, 0.5) is 0 Å². The first-order chi connectivity index (χ1) is 9.15. The maximum absolute atomic E-state index is 4.60. The molecular weight excluding hydrogens is 254 g/mol. The molecule has 4 heteroatoms. The Hall–Kier alpha value is -0.450. The van der Waals surface area contributed by atoms with E-state index in [9.17, 15) is 0 Å². The molecule has 108 valence electrons. The highest BCUT2D eigenvalue weighted by molar-refractivity contribution is 7.11. The second-order valence-corrected chi connectivity index (χ2v) is 6.77. The molecule has 0 aliphatic carbocycles. The van der Waals surface area contributed by atoms with Crippen molar-refractivity contribution in [1.29, 1.82) is 0 Å². The van der Waals surface area contributed by atoms with Gasteiger partial charge in [0.25, 0.3) is 0 Å². The van der Waals surface area contributed by atoms with Gasteiger partial charge in [0.05, 0.1) is 6.04 Å². The predicted octanol–water partition coefficient (Wildman–Crippen LogP) is 3.09. The Morgan fingerprint density at radius 3 is 2.89 bits per heavy atom. The van der Waals surface area contributed by atoms with Crippen LogP contribution in [0.5, 0.6) is 0 Å². The summed E-state index contributed by atoms with van der Waals surface area (Å²) < 4.78 is 0. The quantitative estimate of drug-likeness (QED) is 0.899. The van der Waals surface area contributed by atoms with Gasteiger partial charge >= 0.3 is 0 Å². The van der Waals surface area contributed by atoms with Crippen molar-refractivity contribution in [2.45, 2.75) is 52.6 Å². The molecule has 0 aromatic carbocycles. The van der Waals surface area contributed by atoms with Crippen LogP contribution >= 0.6 is 11.3 Å². The molecule has 0 spiro atoms. The SMILES string of the molecule is CCNC1CCN(C(C)c2ncc(CC)s2)CC1C.